The highest BCUT2D eigenvalue weighted by Crippen LogP contribution is 2.24. The van der Waals surface area contributed by atoms with Gasteiger partial charge in [-0.05, 0) is 49.1 Å². The fraction of sp³-hybridized carbons (Fsp3) is 0.417. The summed E-state index contributed by atoms with van der Waals surface area (Å²) in [4.78, 5) is 39.3. The Morgan fingerprint density at radius 1 is 1.06 bits per heavy atom. The Bertz CT molecular complexity index is 1180. The molecule has 2 aromatic heterocycles. The zero-order chi connectivity index (χ0) is 22.1. The van der Waals surface area contributed by atoms with Crippen LogP contribution in [0.2, 0.25) is 0 Å². The minimum Gasteiger partial charge on any atom is -0.368 e. The Labute approximate surface area is 182 Å². The third-order valence-electron chi connectivity index (χ3n) is 5.94. The van der Waals surface area contributed by atoms with Crippen LogP contribution in [0.15, 0.2) is 41.3 Å². The molecule has 1 amide bonds. The Hall–Kier alpha value is -3.22. The summed E-state index contributed by atoms with van der Waals surface area (Å²) in [5.41, 5.74) is 4.46. The fourth-order valence-electron chi connectivity index (χ4n) is 4.13. The van der Waals surface area contributed by atoms with Gasteiger partial charge in [0.2, 0.25) is 0 Å². The number of piperazine rings is 1. The minimum atomic E-state index is -0.359. The van der Waals surface area contributed by atoms with E-state index >= 15 is 0 Å². The Balaban J connectivity index is 1.60. The van der Waals surface area contributed by atoms with E-state index in [2.05, 4.69) is 46.9 Å². The normalized spacial score (nSPS) is 14.5. The van der Waals surface area contributed by atoms with Crippen molar-refractivity contribution in [2.24, 2.45) is 5.92 Å². The molecule has 7 nitrogen and oxygen atoms in total. The molecule has 1 aliphatic heterocycles. The van der Waals surface area contributed by atoms with Crippen LogP contribution in [0.5, 0.6) is 0 Å². The number of hydrogen-bond donors (Lipinski definition) is 0. The van der Waals surface area contributed by atoms with Crippen LogP contribution >= 0.6 is 0 Å². The van der Waals surface area contributed by atoms with Gasteiger partial charge in [0.05, 0.1) is 0 Å². The van der Waals surface area contributed by atoms with E-state index in [4.69, 9.17) is 0 Å². The van der Waals surface area contributed by atoms with Crippen molar-refractivity contribution in [1.29, 1.82) is 0 Å². The van der Waals surface area contributed by atoms with E-state index in [1.54, 1.807) is 27.8 Å². The van der Waals surface area contributed by atoms with Gasteiger partial charge in [-0.1, -0.05) is 26.0 Å². The van der Waals surface area contributed by atoms with Gasteiger partial charge < -0.3 is 9.80 Å². The summed E-state index contributed by atoms with van der Waals surface area (Å²) in [6, 6.07) is 9.88. The van der Waals surface area contributed by atoms with Crippen LogP contribution in [0.3, 0.4) is 0 Å². The maximum absolute atomic E-state index is 13.3. The molecule has 31 heavy (non-hydrogen) atoms. The molecule has 7 heteroatoms. The maximum atomic E-state index is 13.3. The number of carbonyl (C=O) groups excluding carboxylic acids is 1. The zero-order valence-electron chi connectivity index (χ0n) is 18.6. The van der Waals surface area contributed by atoms with E-state index < -0.39 is 0 Å². The molecular formula is C24H29N5O2. The first-order chi connectivity index (χ1) is 14.9. The quantitative estimate of drug-likeness (QED) is 0.650. The third kappa shape index (κ3) is 4.04. The smallest absolute Gasteiger partial charge is 0.283 e. The van der Waals surface area contributed by atoms with Crippen molar-refractivity contribution in [2.75, 3.05) is 31.1 Å². The average Bonchev–Trinajstić information content (AvgIpc) is 2.77. The van der Waals surface area contributed by atoms with Gasteiger partial charge in [0.15, 0.2) is 11.3 Å². The summed E-state index contributed by atoms with van der Waals surface area (Å²) in [7, 11) is 0. The molecule has 0 radical (unpaired) electrons. The highest BCUT2D eigenvalue weighted by Gasteiger charge is 2.27. The monoisotopic (exact) mass is 419 g/mol. The lowest BCUT2D eigenvalue weighted by Crippen LogP contribution is -2.50. The highest BCUT2D eigenvalue weighted by molar-refractivity contribution is 5.93. The van der Waals surface area contributed by atoms with Crippen LogP contribution in [-0.2, 0) is 6.54 Å². The maximum Gasteiger partial charge on any atom is 0.283 e. The first kappa shape index (κ1) is 21.0. The standard InChI is InChI=1S/C24H29N5O2/c1-16(2)15-29-22-19(8-6-10-25-22)26-21(24(29)31)23(30)28-13-11-27(12-14-28)20-9-5-7-17(3)18(20)4/h5-10,16H,11-15H2,1-4H3. The Kier molecular flexibility index (Phi) is 5.76. The van der Waals surface area contributed by atoms with E-state index in [0.717, 1.165) is 13.1 Å². The van der Waals surface area contributed by atoms with Crippen molar-refractivity contribution >= 4 is 22.8 Å². The van der Waals surface area contributed by atoms with Gasteiger partial charge in [-0.3, -0.25) is 14.2 Å². The van der Waals surface area contributed by atoms with Crippen LogP contribution in [0.1, 0.15) is 35.5 Å². The van der Waals surface area contributed by atoms with Crippen molar-refractivity contribution in [3.8, 4) is 0 Å². The lowest BCUT2D eigenvalue weighted by Gasteiger charge is -2.36. The largest absolute Gasteiger partial charge is 0.368 e. The van der Waals surface area contributed by atoms with Crippen LogP contribution in [0, 0.1) is 19.8 Å². The number of hydrogen-bond acceptors (Lipinski definition) is 5. The second-order valence-electron chi connectivity index (χ2n) is 8.61. The second-order valence-corrected chi connectivity index (χ2v) is 8.61. The zero-order valence-corrected chi connectivity index (χ0v) is 18.6. The molecule has 0 N–H and O–H groups in total. The molecule has 4 rings (SSSR count). The van der Waals surface area contributed by atoms with E-state index in [0.29, 0.717) is 30.8 Å². The van der Waals surface area contributed by atoms with Crippen molar-refractivity contribution in [3.05, 3.63) is 63.7 Å². The van der Waals surface area contributed by atoms with Crippen molar-refractivity contribution < 1.29 is 4.79 Å². The molecule has 0 spiro atoms. The van der Waals surface area contributed by atoms with Gasteiger partial charge >= 0.3 is 0 Å². The van der Waals surface area contributed by atoms with Gasteiger partial charge in [0.25, 0.3) is 11.5 Å². The topological polar surface area (TPSA) is 71.3 Å². The number of benzene rings is 1. The number of rotatable bonds is 4. The first-order valence-electron chi connectivity index (χ1n) is 10.8. The number of amides is 1. The molecule has 1 aromatic carbocycles. The van der Waals surface area contributed by atoms with Gasteiger partial charge in [-0.2, -0.15) is 0 Å². The minimum absolute atomic E-state index is 0.0127. The SMILES string of the molecule is Cc1cccc(N2CCN(C(=O)c3nc4cccnc4n(CC(C)C)c3=O)CC2)c1C. The lowest BCUT2D eigenvalue weighted by atomic mass is 10.1. The summed E-state index contributed by atoms with van der Waals surface area (Å²) >= 11 is 0. The number of fused-ring (bicyclic) bond motifs is 1. The average molecular weight is 420 g/mol. The Morgan fingerprint density at radius 3 is 2.52 bits per heavy atom. The van der Waals surface area contributed by atoms with Crippen molar-refractivity contribution in [2.45, 2.75) is 34.2 Å². The van der Waals surface area contributed by atoms with Crippen molar-refractivity contribution in [3.63, 3.8) is 0 Å². The fourth-order valence-corrected chi connectivity index (χ4v) is 4.13. The number of carbonyl (C=O) groups is 1. The van der Waals surface area contributed by atoms with Gasteiger partial charge in [-0.25, -0.2) is 9.97 Å². The molecule has 162 valence electrons. The van der Waals surface area contributed by atoms with Crippen LogP contribution in [0.4, 0.5) is 5.69 Å². The van der Waals surface area contributed by atoms with Gasteiger partial charge in [0, 0.05) is 44.6 Å². The molecule has 1 saturated heterocycles. The van der Waals surface area contributed by atoms with Crippen LogP contribution in [0.25, 0.3) is 11.2 Å². The predicted molar refractivity (Wildman–Crippen MR) is 123 cm³/mol. The third-order valence-corrected chi connectivity index (χ3v) is 5.94. The highest BCUT2D eigenvalue weighted by atomic mass is 16.2. The number of anilines is 1. The molecule has 0 saturated carbocycles. The molecule has 1 aliphatic rings. The number of pyridine rings is 1. The van der Waals surface area contributed by atoms with E-state index in [1.807, 2.05) is 13.8 Å². The Morgan fingerprint density at radius 2 is 1.81 bits per heavy atom. The molecule has 3 aromatic rings. The summed E-state index contributed by atoms with van der Waals surface area (Å²) in [6.45, 7) is 11.4. The summed E-state index contributed by atoms with van der Waals surface area (Å²) < 4.78 is 1.59. The van der Waals surface area contributed by atoms with Crippen LogP contribution in [-0.4, -0.2) is 51.5 Å². The molecule has 1 fully saturated rings. The predicted octanol–water partition coefficient (Wildman–Crippen LogP) is 3.03. The molecule has 0 atom stereocenters. The number of aromatic nitrogens is 3. The molecule has 0 aliphatic carbocycles. The van der Waals surface area contributed by atoms with E-state index in [1.165, 1.54) is 16.8 Å². The first-order valence-corrected chi connectivity index (χ1v) is 10.8. The molecular weight excluding hydrogens is 390 g/mol. The van der Waals surface area contributed by atoms with Gasteiger partial charge in [0.1, 0.15) is 5.52 Å². The number of aryl methyl sites for hydroxylation is 1. The van der Waals surface area contributed by atoms with Gasteiger partial charge in [-0.15, -0.1) is 0 Å². The van der Waals surface area contributed by atoms with Crippen LogP contribution < -0.4 is 10.5 Å². The number of nitrogens with zero attached hydrogens (tertiary/aromatic N) is 5. The van der Waals surface area contributed by atoms with Crippen molar-refractivity contribution in [1.82, 2.24) is 19.4 Å². The molecule has 0 bridgehead atoms. The second kappa shape index (κ2) is 8.49. The summed E-state index contributed by atoms with van der Waals surface area (Å²) in [5.74, 6) is -0.0526. The summed E-state index contributed by atoms with van der Waals surface area (Å²) in [6.07, 6.45) is 1.65. The molecule has 3 heterocycles. The lowest BCUT2D eigenvalue weighted by molar-refractivity contribution is 0.0738. The summed E-state index contributed by atoms with van der Waals surface area (Å²) in [5, 5.41) is 0. The van der Waals surface area contributed by atoms with E-state index in [9.17, 15) is 9.59 Å². The molecule has 0 unspecified atom stereocenters. The van der Waals surface area contributed by atoms with E-state index in [-0.39, 0.29) is 23.1 Å².